The average Bonchev–Trinajstić information content (AvgIpc) is 3.09. The molecule has 2 heterocycles. The molecule has 0 saturated heterocycles. The molecular weight excluding hydrogens is 324 g/mol. The quantitative estimate of drug-likeness (QED) is 0.797. The molecule has 1 aliphatic carbocycles. The van der Waals surface area contributed by atoms with E-state index in [1.165, 1.54) is 25.1 Å². The minimum Gasteiger partial charge on any atom is -0.474 e. The molecule has 0 atom stereocenters. The zero-order valence-corrected chi connectivity index (χ0v) is 13.7. The van der Waals surface area contributed by atoms with Crippen molar-refractivity contribution in [2.24, 2.45) is 0 Å². The number of amides is 1. The number of ether oxygens (including phenoxy) is 1. The van der Waals surface area contributed by atoms with Crippen LogP contribution in [-0.2, 0) is 17.9 Å². The molecule has 3 rings (SSSR count). The van der Waals surface area contributed by atoms with Crippen LogP contribution < -0.4 is 21.3 Å². The van der Waals surface area contributed by atoms with Crippen LogP contribution in [0.1, 0.15) is 31.2 Å². The fourth-order valence-corrected chi connectivity index (χ4v) is 2.78. The number of hydrogen-bond donors (Lipinski definition) is 2. The number of aromatic nitrogens is 3. The number of carbonyl (C=O) groups is 1. The summed E-state index contributed by atoms with van der Waals surface area (Å²) < 4.78 is 6.98. The van der Waals surface area contributed by atoms with E-state index in [2.05, 4.69) is 15.3 Å². The second kappa shape index (κ2) is 7.78. The molecule has 2 N–H and O–H groups in total. The van der Waals surface area contributed by atoms with Crippen molar-refractivity contribution in [2.45, 2.75) is 44.9 Å². The second-order valence-corrected chi connectivity index (χ2v) is 6.04. The SMILES string of the molecule is O=C(Cn1ccc(=O)[nH]c1=O)NCc1ccnc(OC2CCCC2)c1. The smallest absolute Gasteiger partial charge is 0.328 e. The Balaban J connectivity index is 1.54. The normalized spacial score (nSPS) is 14.4. The highest BCUT2D eigenvalue weighted by Gasteiger charge is 2.17. The summed E-state index contributed by atoms with van der Waals surface area (Å²) in [7, 11) is 0. The molecule has 1 aliphatic rings. The van der Waals surface area contributed by atoms with Gasteiger partial charge in [0.25, 0.3) is 5.56 Å². The van der Waals surface area contributed by atoms with Crippen molar-refractivity contribution in [2.75, 3.05) is 0 Å². The first kappa shape index (κ1) is 16.9. The first-order valence-corrected chi connectivity index (χ1v) is 8.28. The topological polar surface area (TPSA) is 106 Å². The van der Waals surface area contributed by atoms with Crippen LogP contribution in [0, 0.1) is 0 Å². The van der Waals surface area contributed by atoms with E-state index >= 15 is 0 Å². The first-order valence-electron chi connectivity index (χ1n) is 8.28. The van der Waals surface area contributed by atoms with E-state index in [0.29, 0.717) is 12.4 Å². The zero-order chi connectivity index (χ0) is 17.6. The van der Waals surface area contributed by atoms with Crippen LogP contribution in [0.4, 0.5) is 0 Å². The molecular formula is C17H20N4O4. The zero-order valence-electron chi connectivity index (χ0n) is 13.7. The molecule has 2 aromatic heterocycles. The average molecular weight is 344 g/mol. The van der Waals surface area contributed by atoms with Crippen molar-refractivity contribution in [3.8, 4) is 5.88 Å². The van der Waals surface area contributed by atoms with Crippen LogP contribution in [0.15, 0.2) is 40.2 Å². The lowest BCUT2D eigenvalue weighted by atomic mass is 10.2. The van der Waals surface area contributed by atoms with Crippen LogP contribution in [0.2, 0.25) is 0 Å². The molecule has 0 radical (unpaired) electrons. The summed E-state index contributed by atoms with van der Waals surface area (Å²) in [4.78, 5) is 40.9. The summed E-state index contributed by atoms with van der Waals surface area (Å²) in [6, 6.07) is 4.81. The maximum absolute atomic E-state index is 12.0. The van der Waals surface area contributed by atoms with Crippen LogP contribution in [0.5, 0.6) is 5.88 Å². The molecule has 2 aromatic rings. The van der Waals surface area contributed by atoms with Gasteiger partial charge in [0.15, 0.2) is 0 Å². The summed E-state index contributed by atoms with van der Waals surface area (Å²) in [5.41, 5.74) is -0.239. The van der Waals surface area contributed by atoms with Crippen molar-refractivity contribution in [3.63, 3.8) is 0 Å². The second-order valence-electron chi connectivity index (χ2n) is 6.04. The Kier molecular flexibility index (Phi) is 5.27. The van der Waals surface area contributed by atoms with Crippen LogP contribution >= 0.6 is 0 Å². The number of nitrogens with zero attached hydrogens (tertiary/aromatic N) is 2. The number of hydrogen-bond acceptors (Lipinski definition) is 5. The summed E-state index contributed by atoms with van der Waals surface area (Å²) in [6.45, 7) is 0.145. The number of pyridine rings is 1. The van der Waals surface area contributed by atoms with Gasteiger partial charge in [0.2, 0.25) is 11.8 Å². The maximum atomic E-state index is 12.0. The number of carbonyl (C=O) groups excluding carboxylic acids is 1. The van der Waals surface area contributed by atoms with Gasteiger partial charge in [-0.2, -0.15) is 0 Å². The van der Waals surface area contributed by atoms with E-state index in [9.17, 15) is 14.4 Å². The number of aromatic amines is 1. The van der Waals surface area contributed by atoms with Gasteiger partial charge in [0.1, 0.15) is 12.6 Å². The third-order valence-electron chi connectivity index (χ3n) is 4.09. The van der Waals surface area contributed by atoms with Crippen LogP contribution in [-0.4, -0.2) is 26.5 Å². The van der Waals surface area contributed by atoms with Crippen LogP contribution in [0.25, 0.3) is 0 Å². The van der Waals surface area contributed by atoms with E-state index in [-0.39, 0.29) is 18.6 Å². The maximum Gasteiger partial charge on any atom is 0.328 e. The monoisotopic (exact) mass is 344 g/mol. The molecule has 1 fully saturated rings. The van der Waals surface area contributed by atoms with Gasteiger partial charge in [0.05, 0.1) is 0 Å². The van der Waals surface area contributed by atoms with Gasteiger partial charge in [-0.1, -0.05) is 0 Å². The Morgan fingerprint density at radius 3 is 2.88 bits per heavy atom. The number of rotatable bonds is 6. The Morgan fingerprint density at radius 2 is 2.12 bits per heavy atom. The van der Waals surface area contributed by atoms with Gasteiger partial charge in [-0.15, -0.1) is 0 Å². The standard InChI is InChI=1S/C17H20N4O4/c22-14-6-8-21(17(24)20-14)11-15(23)19-10-12-5-7-18-16(9-12)25-13-3-1-2-4-13/h5-9,13H,1-4,10-11H2,(H,19,23)(H,20,22,24). The Hall–Kier alpha value is -2.90. The van der Waals surface area contributed by atoms with Gasteiger partial charge in [0, 0.05) is 31.1 Å². The van der Waals surface area contributed by atoms with Gasteiger partial charge in [-0.05, 0) is 37.3 Å². The molecule has 0 unspecified atom stereocenters. The summed E-state index contributed by atoms with van der Waals surface area (Å²) in [5.74, 6) is 0.236. The molecule has 0 spiro atoms. The van der Waals surface area contributed by atoms with Gasteiger partial charge >= 0.3 is 5.69 Å². The van der Waals surface area contributed by atoms with Gasteiger partial charge in [-0.3, -0.25) is 19.1 Å². The lowest BCUT2D eigenvalue weighted by molar-refractivity contribution is -0.121. The third-order valence-corrected chi connectivity index (χ3v) is 4.09. The predicted octanol–water partition coefficient (Wildman–Crippen LogP) is 0.569. The fraction of sp³-hybridized carbons (Fsp3) is 0.412. The summed E-state index contributed by atoms with van der Waals surface area (Å²) in [6.07, 6.45) is 7.64. The molecule has 132 valence electrons. The fourth-order valence-electron chi connectivity index (χ4n) is 2.78. The molecule has 25 heavy (non-hydrogen) atoms. The molecule has 0 bridgehead atoms. The molecule has 1 saturated carbocycles. The lowest BCUT2D eigenvalue weighted by Crippen LogP contribution is -2.35. The molecule has 0 aromatic carbocycles. The predicted molar refractivity (Wildman–Crippen MR) is 90.3 cm³/mol. The summed E-state index contributed by atoms with van der Waals surface area (Å²) >= 11 is 0. The van der Waals surface area contributed by atoms with E-state index in [1.54, 1.807) is 12.3 Å². The van der Waals surface area contributed by atoms with E-state index in [4.69, 9.17) is 4.74 Å². The van der Waals surface area contributed by atoms with Crippen molar-refractivity contribution >= 4 is 5.91 Å². The molecule has 1 amide bonds. The third kappa shape index (κ3) is 4.79. The van der Waals surface area contributed by atoms with Gasteiger partial charge < -0.3 is 10.1 Å². The van der Waals surface area contributed by atoms with Gasteiger partial charge in [-0.25, -0.2) is 9.78 Å². The van der Waals surface area contributed by atoms with E-state index in [0.717, 1.165) is 23.0 Å². The van der Waals surface area contributed by atoms with Crippen LogP contribution in [0.3, 0.4) is 0 Å². The molecule has 0 aliphatic heterocycles. The lowest BCUT2D eigenvalue weighted by Gasteiger charge is -2.13. The van der Waals surface area contributed by atoms with Crippen molar-refractivity contribution in [1.82, 2.24) is 19.9 Å². The van der Waals surface area contributed by atoms with E-state index in [1.807, 2.05) is 6.07 Å². The highest BCUT2D eigenvalue weighted by atomic mass is 16.5. The highest BCUT2D eigenvalue weighted by Crippen LogP contribution is 2.23. The van der Waals surface area contributed by atoms with E-state index < -0.39 is 11.2 Å². The van der Waals surface area contributed by atoms with Crippen molar-refractivity contribution in [3.05, 3.63) is 57.0 Å². The molecule has 8 heteroatoms. The van der Waals surface area contributed by atoms with Crippen molar-refractivity contribution < 1.29 is 9.53 Å². The van der Waals surface area contributed by atoms with Crippen molar-refractivity contribution in [1.29, 1.82) is 0 Å². The minimum absolute atomic E-state index is 0.161. The Bertz CT molecular complexity index is 852. The number of H-pyrrole nitrogens is 1. The highest BCUT2D eigenvalue weighted by molar-refractivity contribution is 5.75. The molecule has 8 nitrogen and oxygen atoms in total. The summed E-state index contributed by atoms with van der Waals surface area (Å²) in [5, 5.41) is 2.74. The largest absolute Gasteiger partial charge is 0.474 e. The first-order chi connectivity index (χ1) is 12.1. The Labute approximate surface area is 143 Å². The minimum atomic E-state index is -0.612. The Morgan fingerprint density at radius 1 is 1.32 bits per heavy atom. The number of nitrogens with one attached hydrogen (secondary N) is 2.